The zero-order valence-electron chi connectivity index (χ0n) is 20.2. The lowest BCUT2D eigenvalue weighted by Gasteiger charge is -2.04. The van der Waals surface area contributed by atoms with Crippen molar-refractivity contribution in [3.8, 4) is 0 Å². The third kappa shape index (κ3) is 5.94. The van der Waals surface area contributed by atoms with Gasteiger partial charge >= 0.3 is 23.9 Å². The van der Waals surface area contributed by atoms with Crippen molar-refractivity contribution in [2.45, 2.75) is 39.5 Å². The molecule has 0 aliphatic carbocycles. The summed E-state index contributed by atoms with van der Waals surface area (Å²) in [6.07, 6.45) is 4.43. The second-order valence-electron chi connectivity index (χ2n) is 7.50. The number of rotatable bonds is 10. The Labute approximate surface area is 197 Å². The van der Waals surface area contributed by atoms with E-state index in [1.807, 2.05) is 0 Å². The van der Waals surface area contributed by atoms with Crippen LogP contribution in [-0.4, -0.2) is 62.3 Å². The van der Waals surface area contributed by atoms with Crippen molar-refractivity contribution in [2.24, 2.45) is 0 Å². The molecule has 2 N–H and O–H groups in total. The maximum absolute atomic E-state index is 12.2. The SMILES string of the molecule is COC(=O)CCc1c(/C=C/c2[nH]c(C(=O)OC)c(C)c2CCC(=O)OC)[nH]c(C(=O)OC)c1C. The van der Waals surface area contributed by atoms with Gasteiger partial charge in [0.1, 0.15) is 11.4 Å². The molecule has 0 amide bonds. The van der Waals surface area contributed by atoms with Crippen LogP contribution in [0.4, 0.5) is 0 Å². The van der Waals surface area contributed by atoms with Gasteiger partial charge in [0.25, 0.3) is 0 Å². The molecule has 0 bridgehead atoms. The van der Waals surface area contributed by atoms with Gasteiger partial charge in [-0.3, -0.25) is 9.59 Å². The predicted octanol–water partition coefficient (Wildman–Crippen LogP) is 2.91. The first-order chi connectivity index (χ1) is 16.2. The van der Waals surface area contributed by atoms with Crippen LogP contribution in [0.5, 0.6) is 0 Å². The van der Waals surface area contributed by atoms with E-state index in [1.165, 1.54) is 28.4 Å². The zero-order chi connectivity index (χ0) is 25.4. The maximum Gasteiger partial charge on any atom is 0.354 e. The zero-order valence-corrected chi connectivity index (χ0v) is 20.2. The van der Waals surface area contributed by atoms with Crippen LogP contribution in [0.25, 0.3) is 12.2 Å². The number of methoxy groups -OCH3 is 4. The molecule has 2 heterocycles. The molecule has 0 saturated heterocycles. The topological polar surface area (TPSA) is 137 Å². The average molecular weight is 475 g/mol. The summed E-state index contributed by atoms with van der Waals surface area (Å²) in [7, 11) is 5.20. The minimum atomic E-state index is -0.529. The minimum absolute atomic E-state index is 0.134. The molecule has 0 aliphatic heterocycles. The summed E-state index contributed by atoms with van der Waals surface area (Å²) in [5.41, 5.74) is 4.62. The lowest BCUT2D eigenvalue weighted by atomic mass is 10.0. The second kappa shape index (κ2) is 11.9. The highest BCUT2D eigenvalue weighted by molar-refractivity contribution is 5.92. The van der Waals surface area contributed by atoms with Crippen LogP contribution in [-0.2, 0) is 41.4 Å². The van der Waals surface area contributed by atoms with E-state index in [2.05, 4.69) is 9.97 Å². The molecule has 0 spiro atoms. The summed E-state index contributed by atoms with van der Waals surface area (Å²) < 4.78 is 19.2. The third-order valence-electron chi connectivity index (χ3n) is 5.63. The van der Waals surface area contributed by atoms with Crippen LogP contribution in [0.2, 0.25) is 0 Å². The number of hydrogen-bond acceptors (Lipinski definition) is 8. The van der Waals surface area contributed by atoms with Crippen molar-refractivity contribution in [3.05, 3.63) is 45.0 Å². The van der Waals surface area contributed by atoms with Crippen LogP contribution in [0.15, 0.2) is 0 Å². The minimum Gasteiger partial charge on any atom is -0.469 e. The van der Waals surface area contributed by atoms with Crippen molar-refractivity contribution in [2.75, 3.05) is 28.4 Å². The number of aromatic amines is 2. The van der Waals surface area contributed by atoms with Gasteiger partial charge in [-0.15, -0.1) is 0 Å². The largest absolute Gasteiger partial charge is 0.469 e. The normalized spacial score (nSPS) is 10.9. The summed E-state index contributed by atoms with van der Waals surface area (Å²) in [6, 6.07) is 0. The highest BCUT2D eigenvalue weighted by Crippen LogP contribution is 2.26. The van der Waals surface area contributed by atoms with Crippen LogP contribution in [0.3, 0.4) is 0 Å². The van der Waals surface area contributed by atoms with Crippen molar-refractivity contribution >= 4 is 36.0 Å². The molecule has 184 valence electrons. The maximum atomic E-state index is 12.2. The molecule has 2 rings (SSSR count). The molecule has 10 heteroatoms. The molecule has 0 unspecified atom stereocenters. The van der Waals surface area contributed by atoms with Gasteiger partial charge in [0, 0.05) is 24.2 Å². The number of H-pyrrole nitrogens is 2. The number of aromatic nitrogens is 2. The van der Waals surface area contributed by atoms with Crippen molar-refractivity contribution in [1.82, 2.24) is 9.97 Å². The average Bonchev–Trinajstić information content (AvgIpc) is 3.33. The summed E-state index contributed by atoms with van der Waals surface area (Å²) in [6.45, 7) is 3.53. The van der Waals surface area contributed by atoms with Crippen LogP contribution >= 0.6 is 0 Å². The standard InChI is InChI=1S/C24H30N2O8/c1-13-15(7-11-19(27)31-3)17(25-21(13)23(29)33-5)9-10-18-16(8-12-20(28)32-4)14(2)22(26-18)24(30)34-6/h9-10,25-26H,7-8,11-12H2,1-6H3/b10-9+. The highest BCUT2D eigenvalue weighted by Gasteiger charge is 2.21. The van der Waals surface area contributed by atoms with E-state index in [0.29, 0.717) is 35.4 Å². The van der Waals surface area contributed by atoms with E-state index >= 15 is 0 Å². The van der Waals surface area contributed by atoms with E-state index in [0.717, 1.165) is 11.1 Å². The lowest BCUT2D eigenvalue weighted by molar-refractivity contribution is -0.141. The molecule has 2 aromatic rings. The fourth-order valence-electron chi connectivity index (χ4n) is 3.68. The monoisotopic (exact) mass is 474 g/mol. The van der Waals surface area contributed by atoms with Crippen molar-refractivity contribution in [3.63, 3.8) is 0 Å². The molecule has 2 aromatic heterocycles. The Kier molecular flexibility index (Phi) is 9.23. The first kappa shape index (κ1) is 26.4. The van der Waals surface area contributed by atoms with Gasteiger partial charge in [0.2, 0.25) is 0 Å². The van der Waals surface area contributed by atoms with Crippen molar-refractivity contribution < 1.29 is 38.1 Å². The van der Waals surface area contributed by atoms with Crippen LogP contribution in [0.1, 0.15) is 67.5 Å². The molecule has 0 aliphatic rings. The lowest BCUT2D eigenvalue weighted by Crippen LogP contribution is -2.05. The number of carbonyl (C=O) groups is 4. The van der Waals surface area contributed by atoms with E-state index < -0.39 is 11.9 Å². The van der Waals surface area contributed by atoms with Crippen LogP contribution < -0.4 is 0 Å². The Hall–Kier alpha value is -3.82. The number of ether oxygens (including phenoxy) is 4. The fraction of sp³-hybridized carbons (Fsp3) is 0.417. The van der Waals surface area contributed by atoms with Gasteiger partial charge < -0.3 is 28.9 Å². The Morgan fingerprint density at radius 3 is 1.29 bits per heavy atom. The Morgan fingerprint density at radius 1 is 0.647 bits per heavy atom. The molecule has 0 radical (unpaired) electrons. The first-order valence-corrected chi connectivity index (χ1v) is 10.6. The molecule has 34 heavy (non-hydrogen) atoms. The molecular formula is C24H30N2O8. The van der Waals surface area contributed by atoms with E-state index in [1.54, 1.807) is 26.0 Å². The van der Waals surface area contributed by atoms with E-state index in [-0.39, 0.29) is 36.2 Å². The van der Waals surface area contributed by atoms with E-state index in [9.17, 15) is 19.2 Å². The number of esters is 4. The first-order valence-electron chi connectivity index (χ1n) is 10.6. The summed E-state index contributed by atoms with van der Waals surface area (Å²) in [4.78, 5) is 53.8. The Balaban J connectivity index is 2.51. The summed E-state index contributed by atoms with van der Waals surface area (Å²) in [5.74, 6) is -1.80. The molecule has 0 fully saturated rings. The van der Waals surface area contributed by atoms with Gasteiger partial charge in [-0.1, -0.05) is 0 Å². The Morgan fingerprint density at radius 2 is 1.00 bits per heavy atom. The number of nitrogens with one attached hydrogen (secondary N) is 2. The molecule has 0 atom stereocenters. The van der Waals surface area contributed by atoms with E-state index in [4.69, 9.17) is 18.9 Å². The smallest absolute Gasteiger partial charge is 0.354 e. The van der Waals surface area contributed by atoms with Gasteiger partial charge in [0.05, 0.1) is 28.4 Å². The fourth-order valence-corrected chi connectivity index (χ4v) is 3.68. The second-order valence-corrected chi connectivity index (χ2v) is 7.50. The van der Waals surface area contributed by atoms with Gasteiger partial charge in [-0.2, -0.15) is 0 Å². The van der Waals surface area contributed by atoms with Crippen molar-refractivity contribution in [1.29, 1.82) is 0 Å². The van der Waals surface area contributed by atoms with Gasteiger partial charge in [-0.25, -0.2) is 9.59 Å². The number of hydrogen-bond donors (Lipinski definition) is 2. The van der Waals surface area contributed by atoms with Crippen LogP contribution in [0, 0.1) is 13.8 Å². The van der Waals surface area contributed by atoms with Gasteiger partial charge in [-0.05, 0) is 61.1 Å². The molecule has 10 nitrogen and oxygen atoms in total. The number of carbonyl (C=O) groups excluding carboxylic acids is 4. The summed E-state index contributed by atoms with van der Waals surface area (Å²) in [5, 5.41) is 0. The Bertz CT molecular complexity index is 1020. The third-order valence-corrected chi connectivity index (χ3v) is 5.63. The molecular weight excluding hydrogens is 444 g/mol. The van der Waals surface area contributed by atoms with Gasteiger partial charge in [0.15, 0.2) is 0 Å². The molecule has 0 aromatic carbocycles. The summed E-state index contributed by atoms with van der Waals surface area (Å²) >= 11 is 0. The quantitative estimate of drug-likeness (QED) is 0.396. The highest BCUT2D eigenvalue weighted by atomic mass is 16.5. The molecule has 0 saturated carbocycles. The predicted molar refractivity (Wildman–Crippen MR) is 123 cm³/mol.